The Morgan fingerprint density at radius 1 is 1.21 bits per heavy atom. The standard InChI is InChI=1S/C23H35FN8O/c1-3-31-10-4-5-18(31)14-32(13-15-6-7-16(25)11-15)23-29-21(26)28-22(30-23)27-17-8-9-20(33-2)19(24)12-17/h8-9,12,15-16,18H,3-7,10-11,13-14,25H2,1-2H3,(H3,26,27,28,29,30). The topological polar surface area (TPSA) is 118 Å². The number of ether oxygens (including phenoxy) is 1. The molecule has 0 spiro atoms. The molecule has 1 aromatic heterocycles. The number of aromatic nitrogens is 3. The number of hydrogen-bond acceptors (Lipinski definition) is 9. The van der Waals surface area contributed by atoms with E-state index in [2.05, 4.69) is 37.0 Å². The molecule has 0 radical (unpaired) electrons. The summed E-state index contributed by atoms with van der Waals surface area (Å²) in [6.45, 7) is 6.03. The van der Waals surface area contributed by atoms with Crippen molar-refractivity contribution in [2.75, 3.05) is 49.2 Å². The van der Waals surface area contributed by atoms with Crippen molar-refractivity contribution < 1.29 is 9.13 Å². The van der Waals surface area contributed by atoms with E-state index in [1.54, 1.807) is 12.1 Å². The highest BCUT2D eigenvalue weighted by Gasteiger charge is 2.30. The van der Waals surface area contributed by atoms with Crippen molar-refractivity contribution in [3.63, 3.8) is 0 Å². The van der Waals surface area contributed by atoms with Gasteiger partial charge in [0.25, 0.3) is 0 Å². The molecule has 0 amide bonds. The van der Waals surface area contributed by atoms with Crippen molar-refractivity contribution in [3.05, 3.63) is 24.0 Å². The third kappa shape index (κ3) is 5.80. The lowest BCUT2D eigenvalue weighted by Crippen LogP contribution is -2.43. The molecule has 2 fully saturated rings. The molecule has 1 aliphatic carbocycles. The first-order chi connectivity index (χ1) is 15.9. The minimum atomic E-state index is -0.468. The van der Waals surface area contributed by atoms with Gasteiger partial charge < -0.3 is 26.4 Å². The summed E-state index contributed by atoms with van der Waals surface area (Å²) >= 11 is 0. The second-order valence-electron chi connectivity index (χ2n) is 9.06. The molecule has 2 heterocycles. The molecule has 1 aromatic carbocycles. The Morgan fingerprint density at radius 3 is 2.76 bits per heavy atom. The van der Waals surface area contributed by atoms with E-state index in [1.165, 1.54) is 19.6 Å². The predicted octanol–water partition coefficient (Wildman–Crippen LogP) is 2.76. The van der Waals surface area contributed by atoms with Gasteiger partial charge in [-0.15, -0.1) is 0 Å². The highest BCUT2D eigenvalue weighted by molar-refractivity contribution is 5.57. The van der Waals surface area contributed by atoms with Crippen LogP contribution in [0.25, 0.3) is 0 Å². The summed E-state index contributed by atoms with van der Waals surface area (Å²) in [4.78, 5) is 18.1. The van der Waals surface area contributed by atoms with E-state index in [0.29, 0.717) is 23.6 Å². The van der Waals surface area contributed by atoms with Gasteiger partial charge in [0.15, 0.2) is 11.6 Å². The average Bonchev–Trinajstić information content (AvgIpc) is 3.41. The van der Waals surface area contributed by atoms with Crippen molar-refractivity contribution in [2.24, 2.45) is 11.7 Å². The smallest absolute Gasteiger partial charge is 0.233 e. The molecule has 1 saturated carbocycles. The number of likely N-dealkylation sites (tertiary alicyclic amines) is 1. The van der Waals surface area contributed by atoms with Gasteiger partial charge in [-0.2, -0.15) is 15.0 Å². The van der Waals surface area contributed by atoms with Gasteiger partial charge >= 0.3 is 0 Å². The summed E-state index contributed by atoms with van der Waals surface area (Å²) in [5.74, 6) is 1.17. The van der Waals surface area contributed by atoms with Gasteiger partial charge in [-0.3, -0.25) is 4.90 Å². The van der Waals surface area contributed by atoms with E-state index >= 15 is 0 Å². The van der Waals surface area contributed by atoms with Crippen LogP contribution in [0.4, 0.5) is 27.9 Å². The van der Waals surface area contributed by atoms with Gasteiger partial charge in [0, 0.05) is 36.9 Å². The van der Waals surface area contributed by atoms with E-state index in [-0.39, 0.29) is 23.7 Å². The Kier molecular flexibility index (Phi) is 7.44. The SMILES string of the molecule is CCN1CCCC1CN(CC1CCC(N)C1)c1nc(N)nc(Nc2ccc(OC)c(F)c2)n1. The molecular weight excluding hydrogens is 423 g/mol. The summed E-state index contributed by atoms with van der Waals surface area (Å²) in [7, 11) is 1.43. The molecule has 0 bridgehead atoms. The van der Waals surface area contributed by atoms with Crippen LogP contribution >= 0.6 is 0 Å². The van der Waals surface area contributed by atoms with Gasteiger partial charge in [-0.1, -0.05) is 6.92 Å². The second kappa shape index (κ2) is 10.5. The normalized spacial score (nSPS) is 23.1. The number of likely N-dealkylation sites (N-methyl/N-ethyl adjacent to an activating group) is 1. The molecule has 3 unspecified atom stereocenters. The molecule has 4 rings (SSSR count). The number of nitrogens with two attached hydrogens (primary N) is 2. The van der Waals surface area contributed by atoms with Crippen LogP contribution < -0.4 is 26.4 Å². The van der Waals surface area contributed by atoms with Crippen LogP contribution in [0.3, 0.4) is 0 Å². The number of benzene rings is 1. The first-order valence-corrected chi connectivity index (χ1v) is 11.8. The van der Waals surface area contributed by atoms with Gasteiger partial charge in [0.1, 0.15) is 0 Å². The number of nitrogens with zero attached hydrogens (tertiary/aromatic N) is 5. The molecule has 5 N–H and O–H groups in total. The van der Waals surface area contributed by atoms with E-state index < -0.39 is 5.82 Å². The maximum absolute atomic E-state index is 14.1. The fourth-order valence-corrected chi connectivity index (χ4v) is 5.05. The van der Waals surface area contributed by atoms with Crippen LogP contribution in [0.15, 0.2) is 18.2 Å². The lowest BCUT2D eigenvalue weighted by Gasteiger charge is -2.32. The molecule has 9 nitrogen and oxygen atoms in total. The van der Waals surface area contributed by atoms with Gasteiger partial charge in [0.2, 0.25) is 17.8 Å². The Bertz CT molecular complexity index is 945. The lowest BCUT2D eigenvalue weighted by atomic mass is 10.1. The Morgan fingerprint density at radius 2 is 2.06 bits per heavy atom. The zero-order valence-electron chi connectivity index (χ0n) is 19.5. The Balaban J connectivity index is 1.57. The van der Waals surface area contributed by atoms with Crippen molar-refractivity contribution in [3.8, 4) is 5.75 Å². The summed E-state index contributed by atoms with van der Waals surface area (Å²) in [6.07, 6.45) is 5.53. The third-order valence-electron chi connectivity index (χ3n) is 6.73. The van der Waals surface area contributed by atoms with Crippen molar-refractivity contribution in [2.45, 2.75) is 51.1 Å². The molecule has 3 atom stereocenters. The summed E-state index contributed by atoms with van der Waals surface area (Å²) < 4.78 is 19.1. The number of anilines is 4. The van der Waals surface area contributed by atoms with E-state index in [0.717, 1.165) is 51.9 Å². The molecule has 1 saturated heterocycles. The summed E-state index contributed by atoms with van der Waals surface area (Å²) in [5, 5.41) is 3.05. The van der Waals surface area contributed by atoms with Gasteiger partial charge in [-0.05, 0) is 63.2 Å². The minimum absolute atomic E-state index is 0.128. The molecule has 10 heteroatoms. The molecule has 1 aliphatic heterocycles. The fourth-order valence-electron chi connectivity index (χ4n) is 5.05. The second-order valence-corrected chi connectivity index (χ2v) is 9.06. The number of nitrogen functional groups attached to an aromatic ring is 1. The molecule has 2 aromatic rings. The quantitative estimate of drug-likeness (QED) is 0.521. The van der Waals surface area contributed by atoms with E-state index in [9.17, 15) is 4.39 Å². The van der Waals surface area contributed by atoms with Crippen LogP contribution in [-0.2, 0) is 0 Å². The zero-order valence-corrected chi connectivity index (χ0v) is 19.5. The predicted molar refractivity (Wildman–Crippen MR) is 128 cm³/mol. The first kappa shape index (κ1) is 23.4. The van der Waals surface area contributed by atoms with Crippen LogP contribution in [0, 0.1) is 11.7 Å². The maximum Gasteiger partial charge on any atom is 0.233 e. The number of rotatable bonds is 9. The highest BCUT2D eigenvalue weighted by atomic mass is 19.1. The van der Waals surface area contributed by atoms with Crippen molar-refractivity contribution >= 4 is 23.5 Å². The van der Waals surface area contributed by atoms with Crippen LogP contribution in [0.5, 0.6) is 5.75 Å². The maximum atomic E-state index is 14.1. The summed E-state index contributed by atoms with van der Waals surface area (Å²) in [5.41, 5.74) is 12.7. The monoisotopic (exact) mass is 458 g/mol. The van der Waals surface area contributed by atoms with Crippen LogP contribution in [-0.4, -0.2) is 65.2 Å². The lowest BCUT2D eigenvalue weighted by molar-refractivity contribution is 0.266. The molecular formula is C23H35FN8O. The first-order valence-electron chi connectivity index (χ1n) is 11.8. The molecule has 2 aliphatic rings. The van der Waals surface area contributed by atoms with Crippen LogP contribution in [0.1, 0.15) is 39.0 Å². The van der Waals surface area contributed by atoms with E-state index in [4.69, 9.17) is 16.2 Å². The van der Waals surface area contributed by atoms with E-state index in [1.807, 2.05) is 0 Å². The number of halogens is 1. The number of hydrogen-bond donors (Lipinski definition) is 3. The van der Waals surface area contributed by atoms with Crippen molar-refractivity contribution in [1.29, 1.82) is 0 Å². The third-order valence-corrected chi connectivity index (χ3v) is 6.73. The fraction of sp³-hybridized carbons (Fsp3) is 0.609. The highest BCUT2D eigenvalue weighted by Crippen LogP contribution is 2.29. The zero-order chi connectivity index (χ0) is 23.4. The molecule has 33 heavy (non-hydrogen) atoms. The van der Waals surface area contributed by atoms with Crippen molar-refractivity contribution in [1.82, 2.24) is 19.9 Å². The molecule has 180 valence electrons. The van der Waals surface area contributed by atoms with Gasteiger partial charge in [0.05, 0.1) is 7.11 Å². The Labute approximate surface area is 194 Å². The number of methoxy groups -OCH3 is 1. The Hall–Kier alpha value is -2.72. The van der Waals surface area contributed by atoms with Gasteiger partial charge in [-0.25, -0.2) is 4.39 Å². The average molecular weight is 459 g/mol. The summed E-state index contributed by atoms with van der Waals surface area (Å²) in [6, 6.07) is 5.32. The van der Waals surface area contributed by atoms with Crippen LogP contribution in [0.2, 0.25) is 0 Å². The largest absolute Gasteiger partial charge is 0.494 e. The minimum Gasteiger partial charge on any atom is -0.494 e. The number of nitrogens with one attached hydrogen (secondary N) is 1.